The Morgan fingerprint density at radius 3 is 2.39 bits per heavy atom. The van der Waals surface area contributed by atoms with Crippen LogP contribution in [-0.4, -0.2) is 25.3 Å². The Morgan fingerprint density at radius 1 is 1.00 bits per heavy atom. The second-order valence-electron chi connectivity index (χ2n) is 6.27. The first-order valence-corrected chi connectivity index (χ1v) is 8.21. The molecule has 2 saturated carbocycles. The van der Waals surface area contributed by atoms with Crippen molar-refractivity contribution in [1.29, 1.82) is 0 Å². The fraction of sp³-hybridized carbons (Fsp3) is 1.00. The summed E-state index contributed by atoms with van der Waals surface area (Å²) in [7, 11) is 0. The molecule has 0 spiro atoms. The van der Waals surface area contributed by atoms with Crippen molar-refractivity contribution in [3.63, 3.8) is 0 Å². The molecular weight excluding hydrogens is 222 g/mol. The summed E-state index contributed by atoms with van der Waals surface area (Å²) in [6.07, 6.45) is 14.3. The van der Waals surface area contributed by atoms with Crippen LogP contribution in [0.5, 0.6) is 0 Å². The summed E-state index contributed by atoms with van der Waals surface area (Å²) < 4.78 is 5.95. The molecule has 2 fully saturated rings. The third-order valence-electron chi connectivity index (χ3n) is 4.80. The zero-order chi connectivity index (χ0) is 12.6. The predicted molar refractivity (Wildman–Crippen MR) is 76.9 cm³/mol. The largest absolute Gasteiger partial charge is 0.378 e. The average molecular weight is 253 g/mol. The summed E-state index contributed by atoms with van der Waals surface area (Å²) in [5.41, 5.74) is 0. The molecule has 0 aromatic rings. The van der Waals surface area contributed by atoms with Crippen LogP contribution in [0.4, 0.5) is 0 Å². The van der Waals surface area contributed by atoms with Crippen LogP contribution in [0.2, 0.25) is 0 Å². The molecule has 0 amide bonds. The average Bonchev–Trinajstić information content (AvgIpc) is 2.93. The van der Waals surface area contributed by atoms with Crippen molar-refractivity contribution in [2.45, 2.75) is 83.3 Å². The van der Waals surface area contributed by atoms with E-state index in [2.05, 4.69) is 12.2 Å². The minimum Gasteiger partial charge on any atom is -0.378 e. The molecule has 2 aliphatic rings. The zero-order valence-corrected chi connectivity index (χ0v) is 12.1. The van der Waals surface area contributed by atoms with Gasteiger partial charge in [-0.2, -0.15) is 0 Å². The van der Waals surface area contributed by atoms with E-state index in [0.717, 1.165) is 19.1 Å². The fourth-order valence-corrected chi connectivity index (χ4v) is 3.51. The molecule has 1 atom stereocenters. The highest BCUT2D eigenvalue weighted by Gasteiger charge is 2.20. The normalized spacial score (nSPS) is 24.5. The van der Waals surface area contributed by atoms with Crippen molar-refractivity contribution in [3.05, 3.63) is 0 Å². The summed E-state index contributed by atoms with van der Waals surface area (Å²) in [5.74, 6) is 0.935. The van der Waals surface area contributed by atoms with Gasteiger partial charge in [-0.15, -0.1) is 0 Å². The van der Waals surface area contributed by atoms with E-state index in [9.17, 15) is 0 Å². The first kappa shape index (κ1) is 14.3. The highest BCUT2D eigenvalue weighted by molar-refractivity contribution is 4.77. The van der Waals surface area contributed by atoms with Crippen molar-refractivity contribution < 1.29 is 4.74 Å². The van der Waals surface area contributed by atoms with Gasteiger partial charge in [-0.1, -0.05) is 32.1 Å². The third-order valence-corrected chi connectivity index (χ3v) is 4.80. The van der Waals surface area contributed by atoms with Gasteiger partial charge in [0.15, 0.2) is 0 Å². The SMILES string of the molecule is CC(NCCCOC1CCCCC1)C1CCCC1. The van der Waals surface area contributed by atoms with Gasteiger partial charge in [0, 0.05) is 12.6 Å². The van der Waals surface area contributed by atoms with E-state index in [1.807, 2.05) is 0 Å². The van der Waals surface area contributed by atoms with Gasteiger partial charge in [0.05, 0.1) is 6.10 Å². The number of ether oxygens (including phenoxy) is 1. The number of hydrogen-bond acceptors (Lipinski definition) is 2. The van der Waals surface area contributed by atoms with Crippen LogP contribution in [0.1, 0.15) is 71.1 Å². The maximum atomic E-state index is 5.95. The van der Waals surface area contributed by atoms with E-state index in [1.165, 1.54) is 64.2 Å². The molecule has 0 aliphatic heterocycles. The standard InChI is InChI=1S/C16H31NO/c1-14(15-8-5-6-9-15)17-12-7-13-18-16-10-3-2-4-11-16/h14-17H,2-13H2,1H3. The van der Waals surface area contributed by atoms with E-state index in [0.29, 0.717) is 12.1 Å². The molecule has 1 N–H and O–H groups in total. The summed E-state index contributed by atoms with van der Waals surface area (Å²) in [6.45, 7) is 4.44. The van der Waals surface area contributed by atoms with E-state index in [4.69, 9.17) is 4.74 Å². The lowest BCUT2D eigenvalue weighted by Crippen LogP contribution is -2.33. The molecule has 1 unspecified atom stereocenters. The summed E-state index contributed by atoms with van der Waals surface area (Å²) in [6, 6.07) is 0.710. The molecule has 2 rings (SSSR count). The van der Waals surface area contributed by atoms with Crippen LogP contribution in [-0.2, 0) is 4.74 Å². The molecule has 0 aromatic carbocycles. The number of hydrogen-bond donors (Lipinski definition) is 1. The Morgan fingerprint density at radius 2 is 1.67 bits per heavy atom. The molecule has 2 aliphatic carbocycles. The van der Waals surface area contributed by atoms with E-state index in [-0.39, 0.29) is 0 Å². The maximum Gasteiger partial charge on any atom is 0.0575 e. The summed E-state index contributed by atoms with van der Waals surface area (Å²) in [5, 5.41) is 3.68. The van der Waals surface area contributed by atoms with Crippen molar-refractivity contribution >= 4 is 0 Å². The van der Waals surface area contributed by atoms with Gasteiger partial charge >= 0.3 is 0 Å². The Labute approximate surface area is 113 Å². The highest BCUT2D eigenvalue weighted by atomic mass is 16.5. The molecule has 106 valence electrons. The second kappa shape index (κ2) is 8.16. The Hall–Kier alpha value is -0.0800. The third kappa shape index (κ3) is 4.89. The van der Waals surface area contributed by atoms with Crippen LogP contribution in [0.25, 0.3) is 0 Å². The van der Waals surface area contributed by atoms with Crippen molar-refractivity contribution in [2.24, 2.45) is 5.92 Å². The topological polar surface area (TPSA) is 21.3 Å². The minimum absolute atomic E-state index is 0.575. The molecule has 0 bridgehead atoms. The first-order valence-electron chi connectivity index (χ1n) is 8.21. The van der Waals surface area contributed by atoms with Gasteiger partial charge in [-0.3, -0.25) is 0 Å². The lowest BCUT2D eigenvalue weighted by molar-refractivity contribution is 0.0270. The van der Waals surface area contributed by atoms with Crippen LogP contribution in [0.3, 0.4) is 0 Å². The lowest BCUT2D eigenvalue weighted by Gasteiger charge is -2.23. The van der Waals surface area contributed by atoms with Crippen molar-refractivity contribution in [2.75, 3.05) is 13.2 Å². The molecule has 0 heterocycles. The quantitative estimate of drug-likeness (QED) is 0.695. The van der Waals surface area contributed by atoms with E-state index >= 15 is 0 Å². The fourth-order valence-electron chi connectivity index (χ4n) is 3.51. The van der Waals surface area contributed by atoms with Crippen LogP contribution >= 0.6 is 0 Å². The highest BCUT2D eigenvalue weighted by Crippen LogP contribution is 2.27. The van der Waals surface area contributed by atoms with E-state index < -0.39 is 0 Å². The Balaban J connectivity index is 1.45. The van der Waals surface area contributed by atoms with Gasteiger partial charge in [-0.05, 0) is 51.5 Å². The smallest absolute Gasteiger partial charge is 0.0575 e. The molecule has 2 heteroatoms. The van der Waals surface area contributed by atoms with Crippen LogP contribution in [0.15, 0.2) is 0 Å². The van der Waals surface area contributed by atoms with Crippen LogP contribution in [0, 0.1) is 5.92 Å². The Kier molecular flexibility index (Phi) is 6.50. The first-order chi connectivity index (χ1) is 8.86. The molecule has 18 heavy (non-hydrogen) atoms. The second-order valence-corrected chi connectivity index (χ2v) is 6.27. The van der Waals surface area contributed by atoms with Crippen molar-refractivity contribution in [1.82, 2.24) is 5.32 Å². The van der Waals surface area contributed by atoms with Gasteiger partial charge in [0.2, 0.25) is 0 Å². The lowest BCUT2D eigenvalue weighted by atomic mass is 9.98. The number of rotatable bonds is 7. The molecule has 0 saturated heterocycles. The van der Waals surface area contributed by atoms with Gasteiger partial charge < -0.3 is 10.1 Å². The van der Waals surface area contributed by atoms with Gasteiger partial charge in [-0.25, -0.2) is 0 Å². The van der Waals surface area contributed by atoms with Crippen molar-refractivity contribution in [3.8, 4) is 0 Å². The monoisotopic (exact) mass is 253 g/mol. The van der Waals surface area contributed by atoms with E-state index in [1.54, 1.807) is 0 Å². The molecular formula is C16H31NO. The summed E-state index contributed by atoms with van der Waals surface area (Å²) in [4.78, 5) is 0. The molecule has 0 aromatic heterocycles. The summed E-state index contributed by atoms with van der Waals surface area (Å²) >= 11 is 0. The Bertz CT molecular complexity index is 207. The minimum atomic E-state index is 0.575. The molecule has 0 radical (unpaired) electrons. The van der Waals surface area contributed by atoms with Crippen LogP contribution < -0.4 is 5.32 Å². The van der Waals surface area contributed by atoms with Gasteiger partial charge in [0.1, 0.15) is 0 Å². The number of nitrogens with one attached hydrogen (secondary N) is 1. The maximum absolute atomic E-state index is 5.95. The molecule has 2 nitrogen and oxygen atoms in total. The van der Waals surface area contributed by atoms with Gasteiger partial charge in [0.25, 0.3) is 0 Å². The zero-order valence-electron chi connectivity index (χ0n) is 12.1. The predicted octanol–water partition coefficient (Wildman–Crippen LogP) is 3.89.